The summed E-state index contributed by atoms with van der Waals surface area (Å²) in [4.78, 5) is 15.2. The average molecular weight is 363 g/mol. The maximum absolute atomic E-state index is 12.6. The molecule has 8 heteroatoms. The fraction of sp³-hybridized carbons (Fsp3) is 0.353. The van der Waals surface area contributed by atoms with Crippen molar-refractivity contribution in [2.24, 2.45) is 0 Å². The summed E-state index contributed by atoms with van der Waals surface area (Å²) in [6.45, 7) is 5.35. The number of ether oxygens (including phenoxy) is 1. The number of H-pyrrole nitrogens is 1. The molecule has 134 valence electrons. The number of aryl methyl sites for hydroxylation is 2. The Balaban J connectivity index is 1.76. The molecule has 2 N–H and O–H groups in total. The Kier molecular flexibility index (Phi) is 4.94. The van der Waals surface area contributed by atoms with E-state index in [0.29, 0.717) is 32.0 Å². The first-order chi connectivity index (χ1) is 11.9. The Bertz CT molecular complexity index is 883. The number of carbonyl (C=O) groups excluding carboxylic acids is 1. The zero-order valence-electron chi connectivity index (χ0n) is 14.2. The molecule has 1 amide bonds. The Labute approximate surface area is 147 Å². The van der Waals surface area contributed by atoms with Crippen LogP contribution in [0.25, 0.3) is 0 Å². The number of benzene rings is 1. The van der Waals surface area contributed by atoms with Crippen LogP contribution < -0.4 is 5.32 Å². The van der Waals surface area contributed by atoms with Gasteiger partial charge in [0.2, 0.25) is 10.0 Å². The van der Waals surface area contributed by atoms with E-state index in [9.17, 15) is 13.2 Å². The molecule has 2 aromatic rings. The lowest BCUT2D eigenvalue weighted by molar-refractivity contribution is 0.0730. The van der Waals surface area contributed by atoms with E-state index in [-0.39, 0.29) is 16.5 Å². The van der Waals surface area contributed by atoms with Crippen molar-refractivity contribution in [1.29, 1.82) is 0 Å². The second kappa shape index (κ2) is 6.99. The van der Waals surface area contributed by atoms with Crippen LogP contribution >= 0.6 is 0 Å². The third kappa shape index (κ3) is 3.76. The van der Waals surface area contributed by atoms with E-state index >= 15 is 0 Å². The van der Waals surface area contributed by atoms with E-state index in [0.717, 1.165) is 11.1 Å². The summed E-state index contributed by atoms with van der Waals surface area (Å²) in [5.41, 5.74) is 3.07. The zero-order valence-corrected chi connectivity index (χ0v) is 15.0. The van der Waals surface area contributed by atoms with Gasteiger partial charge in [0.25, 0.3) is 5.91 Å². The van der Waals surface area contributed by atoms with E-state index in [1.807, 2.05) is 32.0 Å². The maximum atomic E-state index is 12.6. The summed E-state index contributed by atoms with van der Waals surface area (Å²) >= 11 is 0. The summed E-state index contributed by atoms with van der Waals surface area (Å²) in [6.07, 6.45) is 1.35. The van der Waals surface area contributed by atoms with Crippen LogP contribution in [-0.4, -0.2) is 49.9 Å². The zero-order chi connectivity index (χ0) is 18.0. The predicted molar refractivity (Wildman–Crippen MR) is 94.2 cm³/mol. The van der Waals surface area contributed by atoms with Crippen LogP contribution in [0.5, 0.6) is 0 Å². The van der Waals surface area contributed by atoms with Gasteiger partial charge in [-0.1, -0.05) is 6.07 Å². The van der Waals surface area contributed by atoms with Gasteiger partial charge in [0.05, 0.1) is 13.2 Å². The number of morpholine rings is 1. The Morgan fingerprint density at radius 1 is 1.16 bits per heavy atom. The highest BCUT2D eigenvalue weighted by Crippen LogP contribution is 2.19. The van der Waals surface area contributed by atoms with Gasteiger partial charge in [-0.3, -0.25) is 4.79 Å². The second-order valence-corrected chi connectivity index (χ2v) is 7.96. The molecule has 0 radical (unpaired) electrons. The van der Waals surface area contributed by atoms with Gasteiger partial charge >= 0.3 is 0 Å². The minimum absolute atomic E-state index is 0.0830. The van der Waals surface area contributed by atoms with Crippen molar-refractivity contribution in [1.82, 2.24) is 9.29 Å². The number of sulfonamides is 1. The summed E-state index contributed by atoms with van der Waals surface area (Å²) in [5, 5.41) is 2.77. The van der Waals surface area contributed by atoms with Crippen molar-refractivity contribution >= 4 is 21.6 Å². The lowest BCUT2D eigenvalue weighted by Gasteiger charge is -2.25. The largest absolute Gasteiger partial charge is 0.379 e. The van der Waals surface area contributed by atoms with E-state index in [2.05, 4.69) is 10.3 Å². The van der Waals surface area contributed by atoms with Gasteiger partial charge in [-0.25, -0.2) is 8.42 Å². The van der Waals surface area contributed by atoms with E-state index < -0.39 is 10.0 Å². The minimum atomic E-state index is -3.62. The molecule has 0 bridgehead atoms. The van der Waals surface area contributed by atoms with Crippen LogP contribution in [-0.2, 0) is 14.8 Å². The Morgan fingerprint density at radius 2 is 1.88 bits per heavy atom. The van der Waals surface area contributed by atoms with Gasteiger partial charge in [0.15, 0.2) is 0 Å². The highest BCUT2D eigenvalue weighted by molar-refractivity contribution is 7.89. The number of rotatable bonds is 4. The second-order valence-electron chi connectivity index (χ2n) is 6.02. The fourth-order valence-corrected chi connectivity index (χ4v) is 4.01. The van der Waals surface area contributed by atoms with Gasteiger partial charge in [0.1, 0.15) is 10.6 Å². The molecule has 7 nitrogen and oxygen atoms in total. The number of nitrogens with one attached hydrogen (secondary N) is 2. The molecule has 3 rings (SSSR count). The highest BCUT2D eigenvalue weighted by atomic mass is 32.2. The van der Waals surface area contributed by atoms with Crippen LogP contribution in [0.4, 0.5) is 5.69 Å². The topological polar surface area (TPSA) is 91.5 Å². The molecular formula is C17H21N3O4S. The average Bonchev–Trinajstić information content (AvgIpc) is 3.10. The van der Waals surface area contributed by atoms with Crippen molar-refractivity contribution in [2.75, 3.05) is 31.6 Å². The molecule has 0 aliphatic carbocycles. The molecule has 1 aromatic carbocycles. The number of nitrogens with zero attached hydrogens (tertiary/aromatic N) is 1. The molecular weight excluding hydrogens is 342 g/mol. The normalized spacial score (nSPS) is 15.9. The highest BCUT2D eigenvalue weighted by Gasteiger charge is 2.27. The molecule has 1 aliphatic rings. The molecule has 1 fully saturated rings. The smallest absolute Gasteiger partial charge is 0.272 e. The molecule has 1 saturated heterocycles. The van der Waals surface area contributed by atoms with Crippen LogP contribution in [0.2, 0.25) is 0 Å². The third-order valence-corrected chi connectivity index (χ3v) is 6.15. The maximum Gasteiger partial charge on any atom is 0.272 e. The van der Waals surface area contributed by atoms with Crippen molar-refractivity contribution in [3.63, 3.8) is 0 Å². The summed E-state index contributed by atoms with van der Waals surface area (Å²) in [5.74, 6) is -0.383. The molecule has 1 aliphatic heterocycles. The number of aromatic nitrogens is 1. The lowest BCUT2D eigenvalue weighted by Crippen LogP contribution is -2.40. The third-order valence-electron chi connectivity index (χ3n) is 4.27. The molecule has 25 heavy (non-hydrogen) atoms. The first kappa shape index (κ1) is 17.7. The summed E-state index contributed by atoms with van der Waals surface area (Å²) < 4.78 is 31.7. The number of carbonyl (C=O) groups is 1. The number of amides is 1. The van der Waals surface area contributed by atoms with Crippen LogP contribution in [0, 0.1) is 13.8 Å². The summed E-state index contributed by atoms with van der Waals surface area (Å²) in [6, 6.07) is 6.98. The van der Waals surface area contributed by atoms with Gasteiger partial charge in [0, 0.05) is 25.0 Å². The quantitative estimate of drug-likeness (QED) is 0.868. The van der Waals surface area contributed by atoms with Crippen molar-refractivity contribution in [3.05, 3.63) is 47.3 Å². The van der Waals surface area contributed by atoms with Crippen LogP contribution in [0.15, 0.2) is 35.4 Å². The van der Waals surface area contributed by atoms with Crippen molar-refractivity contribution < 1.29 is 17.9 Å². The monoisotopic (exact) mass is 363 g/mol. The standard InChI is InChI=1S/C17H21N3O4S/c1-12-3-4-14(9-13(12)2)19-17(21)16-10-15(11-18-16)25(22,23)20-5-7-24-8-6-20/h3-4,9-11,18H,5-8H2,1-2H3,(H,19,21). The van der Waals surface area contributed by atoms with E-state index in [4.69, 9.17) is 4.74 Å². The van der Waals surface area contributed by atoms with Gasteiger partial charge in [-0.05, 0) is 43.2 Å². The predicted octanol–water partition coefficient (Wildman–Crippen LogP) is 1.90. The Morgan fingerprint density at radius 3 is 2.56 bits per heavy atom. The van der Waals surface area contributed by atoms with Crippen molar-refractivity contribution in [3.8, 4) is 0 Å². The molecule has 2 heterocycles. The number of anilines is 1. The van der Waals surface area contributed by atoms with E-state index in [1.54, 1.807) is 0 Å². The Hall–Kier alpha value is -2.16. The van der Waals surface area contributed by atoms with Gasteiger partial charge in [-0.2, -0.15) is 4.31 Å². The first-order valence-electron chi connectivity index (χ1n) is 8.03. The minimum Gasteiger partial charge on any atom is -0.379 e. The van der Waals surface area contributed by atoms with E-state index in [1.165, 1.54) is 16.6 Å². The molecule has 0 spiro atoms. The molecule has 0 unspecified atom stereocenters. The number of aromatic amines is 1. The van der Waals surface area contributed by atoms with Crippen LogP contribution in [0.1, 0.15) is 21.6 Å². The van der Waals surface area contributed by atoms with Crippen LogP contribution in [0.3, 0.4) is 0 Å². The first-order valence-corrected chi connectivity index (χ1v) is 9.47. The number of hydrogen-bond donors (Lipinski definition) is 2. The molecule has 0 saturated carbocycles. The van der Waals surface area contributed by atoms with Gasteiger partial charge < -0.3 is 15.0 Å². The lowest BCUT2D eigenvalue weighted by atomic mass is 10.1. The SMILES string of the molecule is Cc1ccc(NC(=O)c2cc(S(=O)(=O)N3CCOCC3)c[nH]2)cc1C. The van der Waals surface area contributed by atoms with Crippen molar-refractivity contribution in [2.45, 2.75) is 18.7 Å². The fourth-order valence-electron chi connectivity index (χ4n) is 2.61. The summed E-state index contributed by atoms with van der Waals surface area (Å²) in [7, 11) is -3.62. The van der Waals surface area contributed by atoms with Gasteiger partial charge in [-0.15, -0.1) is 0 Å². The number of hydrogen-bond acceptors (Lipinski definition) is 4. The molecule has 1 aromatic heterocycles. The molecule has 0 atom stereocenters.